The zero-order valence-electron chi connectivity index (χ0n) is 37.9. The minimum atomic E-state index is -0.545. The molecule has 0 aromatic heterocycles. The molecule has 12 aromatic carbocycles. The molecular formula is C68H45N. The maximum absolute atomic E-state index is 2.52. The third-order valence-electron chi connectivity index (χ3n) is 15.4. The van der Waals surface area contributed by atoms with Crippen molar-refractivity contribution in [2.24, 2.45) is 0 Å². The fourth-order valence-corrected chi connectivity index (χ4v) is 12.6. The molecule has 322 valence electrons. The van der Waals surface area contributed by atoms with Crippen LogP contribution < -0.4 is 4.90 Å². The highest BCUT2D eigenvalue weighted by molar-refractivity contribution is 6.25. The minimum absolute atomic E-state index is 0.495. The van der Waals surface area contributed by atoms with Gasteiger partial charge in [-0.25, -0.2) is 0 Å². The van der Waals surface area contributed by atoms with Crippen LogP contribution in [0, 0.1) is 0 Å². The first-order valence-electron chi connectivity index (χ1n) is 24.1. The average Bonchev–Trinajstić information content (AvgIpc) is 3.90. The van der Waals surface area contributed by atoms with Crippen molar-refractivity contribution in [1.82, 2.24) is 0 Å². The van der Waals surface area contributed by atoms with Gasteiger partial charge in [-0.1, -0.05) is 237 Å². The first kappa shape index (κ1) is 39.4. The Balaban J connectivity index is 1.07. The first-order chi connectivity index (χ1) is 34.2. The monoisotopic (exact) mass is 875 g/mol. The Labute approximate surface area is 402 Å². The van der Waals surface area contributed by atoms with Gasteiger partial charge in [-0.15, -0.1) is 0 Å². The molecule has 0 atom stereocenters. The van der Waals surface area contributed by atoms with Crippen LogP contribution in [0.4, 0.5) is 17.1 Å². The quantitative estimate of drug-likeness (QED) is 0.144. The van der Waals surface area contributed by atoms with Gasteiger partial charge in [0.05, 0.1) is 10.8 Å². The average molecular weight is 876 g/mol. The molecule has 0 bridgehead atoms. The lowest BCUT2D eigenvalue weighted by atomic mass is 9.67. The SMILES string of the molecule is c1ccc(C2(c3ccccc3)c3ccccc3-c3cc(N(c4ccc5c(c4)C(c4ccccc4)(c4ccccc4)c4ccccc4-5)c4ccc5c6ccccc6c6ccccc6c5c4)ccc32)cc1. The van der Waals surface area contributed by atoms with Gasteiger partial charge in [-0.2, -0.15) is 0 Å². The third kappa shape index (κ3) is 5.59. The summed E-state index contributed by atoms with van der Waals surface area (Å²) in [6.07, 6.45) is 0. The molecule has 0 heterocycles. The van der Waals surface area contributed by atoms with Crippen molar-refractivity contribution in [3.8, 4) is 22.3 Å². The van der Waals surface area contributed by atoms with E-state index in [9.17, 15) is 0 Å². The summed E-state index contributed by atoms with van der Waals surface area (Å²) in [6.45, 7) is 0. The van der Waals surface area contributed by atoms with E-state index in [1.165, 1.54) is 99.1 Å². The van der Waals surface area contributed by atoms with Gasteiger partial charge in [0.1, 0.15) is 0 Å². The van der Waals surface area contributed by atoms with Crippen LogP contribution in [-0.4, -0.2) is 0 Å². The fourth-order valence-electron chi connectivity index (χ4n) is 12.6. The van der Waals surface area contributed by atoms with E-state index in [0.717, 1.165) is 17.1 Å². The number of benzene rings is 12. The largest absolute Gasteiger partial charge is 0.310 e. The zero-order chi connectivity index (χ0) is 45.5. The third-order valence-corrected chi connectivity index (χ3v) is 15.4. The van der Waals surface area contributed by atoms with Crippen LogP contribution >= 0.6 is 0 Å². The second kappa shape index (κ2) is 15.4. The fraction of sp³-hybridized carbons (Fsp3) is 0.0294. The standard InChI is InChI=1S/C68H45N/c1-5-21-46(22-6-1)67(47-23-7-2-8-24-47)64-36-20-18-34-59(64)62-44-51(39-42-65(62)67)69(50-37-40-57-55-31-14-13-29-53(55)54-30-15-16-32-56(54)61(57)43-50)52-38-41-60-58-33-17-19-35-63(58)68(66(60)45-52,48-25-9-3-10-26-48)49-27-11-4-12-28-49/h1-45H. The Kier molecular flexibility index (Phi) is 8.78. The summed E-state index contributed by atoms with van der Waals surface area (Å²) in [5, 5.41) is 7.55. The summed E-state index contributed by atoms with van der Waals surface area (Å²) < 4.78 is 0. The summed E-state index contributed by atoms with van der Waals surface area (Å²) in [6, 6.07) is 102. The number of rotatable bonds is 7. The maximum atomic E-state index is 2.52. The molecular weight excluding hydrogens is 831 g/mol. The predicted molar refractivity (Wildman–Crippen MR) is 288 cm³/mol. The highest BCUT2D eigenvalue weighted by Gasteiger charge is 2.48. The highest BCUT2D eigenvalue weighted by atomic mass is 15.1. The van der Waals surface area contributed by atoms with Crippen LogP contribution in [0.2, 0.25) is 0 Å². The molecule has 0 aliphatic heterocycles. The second-order valence-electron chi connectivity index (χ2n) is 18.7. The summed E-state index contributed by atoms with van der Waals surface area (Å²) in [7, 11) is 0. The topological polar surface area (TPSA) is 3.24 Å². The number of anilines is 3. The van der Waals surface area contributed by atoms with Gasteiger partial charge in [0.25, 0.3) is 0 Å². The van der Waals surface area contributed by atoms with Gasteiger partial charge in [-0.05, 0) is 135 Å². The van der Waals surface area contributed by atoms with Gasteiger partial charge < -0.3 is 4.90 Å². The van der Waals surface area contributed by atoms with Gasteiger partial charge in [-0.3, -0.25) is 0 Å². The molecule has 0 fully saturated rings. The normalized spacial score (nSPS) is 13.7. The van der Waals surface area contributed by atoms with Gasteiger partial charge >= 0.3 is 0 Å². The van der Waals surface area contributed by atoms with Gasteiger partial charge in [0.2, 0.25) is 0 Å². The molecule has 0 amide bonds. The van der Waals surface area contributed by atoms with E-state index in [-0.39, 0.29) is 0 Å². The van der Waals surface area contributed by atoms with Crippen molar-refractivity contribution in [3.05, 3.63) is 317 Å². The number of fused-ring (bicyclic) bond motifs is 12. The van der Waals surface area contributed by atoms with Crippen LogP contribution in [0.1, 0.15) is 44.5 Å². The number of hydrogen-bond donors (Lipinski definition) is 0. The molecule has 69 heavy (non-hydrogen) atoms. The van der Waals surface area contributed by atoms with Crippen molar-refractivity contribution in [2.75, 3.05) is 4.90 Å². The van der Waals surface area contributed by atoms with E-state index in [1.807, 2.05) is 0 Å². The molecule has 0 saturated heterocycles. The molecule has 12 aromatic rings. The molecule has 0 N–H and O–H groups in total. The van der Waals surface area contributed by atoms with E-state index in [0.29, 0.717) is 0 Å². The zero-order valence-corrected chi connectivity index (χ0v) is 37.9. The summed E-state index contributed by atoms with van der Waals surface area (Å²) in [5.41, 5.74) is 17.5. The van der Waals surface area contributed by atoms with Gasteiger partial charge in [0, 0.05) is 17.1 Å². The highest BCUT2D eigenvalue weighted by Crippen LogP contribution is 2.59. The van der Waals surface area contributed by atoms with Gasteiger partial charge in [0.15, 0.2) is 0 Å². The van der Waals surface area contributed by atoms with E-state index < -0.39 is 10.8 Å². The molecule has 2 aliphatic carbocycles. The Morgan fingerprint density at radius 1 is 0.203 bits per heavy atom. The lowest BCUT2D eigenvalue weighted by Crippen LogP contribution is -2.29. The molecule has 2 aliphatic rings. The van der Waals surface area contributed by atoms with Crippen LogP contribution in [-0.2, 0) is 10.8 Å². The molecule has 14 rings (SSSR count). The van der Waals surface area contributed by atoms with E-state index >= 15 is 0 Å². The summed E-state index contributed by atoms with van der Waals surface area (Å²) in [4.78, 5) is 2.52. The van der Waals surface area contributed by atoms with Crippen LogP contribution in [0.25, 0.3) is 54.6 Å². The maximum Gasteiger partial charge on any atom is 0.0714 e. The molecule has 0 radical (unpaired) electrons. The van der Waals surface area contributed by atoms with Crippen molar-refractivity contribution in [2.45, 2.75) is 10.8 Å². The molecule has 0 saturated carbocycles. The Hall–Kier alpha value is -8.78. The van der Waals surface area contributed by atoms with Crippen LogP contribution in [0.3, 0.4) is 0 Å². The number of nitrogens with zero attached hydrogens (tertiary/aromatic N) is 1. The van der Waals surface area contributed by atoms with E-state index in [1.54, 1.807) is 0 Å². The van der Waals surface area contributed by atoms with Crippen LogP contribution in [0.15, 0.2) is 273 Å². The lowest BCUT2D eigenvalue weighted by molar-refractivity contribution is 0.768. The molecule has 0 unspecified atom stereocenters. The second-order valence-corrected chi connectivity index (χ2v) is 18.7. The number of hydrogen-bond acceptors (Lipinski definition) is 1. The summed E-state index contributed by atoms with van der Waals surface area (Å²) >= 11 is 0. The molecule has 1 heteroatoms. The molecule has 0 spiro atoms. The summed E-state index contributed by atoms with van der Waals surface area (Å²) in [5.74, 6) is 0. The van der Waals surface area contributed by atoms with E-state index in [2.05, 4.69) is 278 Å². The Morgan fingerprint density at radius 2 is 0.536 bits per heavy atom. The molecule has 1 nitrogen and oxygen atoms in total. The smallest absolute Gasteiger partial charge is 0.0714 e. The predicted octanol–water partition coefficient (Wildman–Crippen LogP) is 17.3. The van der Waals surface area contributed by atoms with Crippen molar-refractivity contribution in [1.29, 1.82) is 0 Å². The first-order valence-corrected chi connectivity index (χ1v) is 24.1. The minimum Gasteiger partial charge on any atom is -0.310 e. The Bertz CT molecular complexity index is 3830. The van der Waals surface area contributed by atoms with E-state index in [4.69, 9.17) is 0 Å². The van der Waals surface area contributed by atoms with Crippen molar-refractivity contribution < 1.29 is 0 Å². The van der Waals surface area contributed by atoms with Crippen LogP contribution in [0.5, 0.6) is 0 Å². The Morgan fingerprint density at radius 3 is 1.06 bits per heavy atom. The van der Waals surface area contributed by atoms with Crippen molar-refractivity contribution in [3.63, 3.8) is 0 Å². The lowest BCUT2D eigenvalue weighted by Gasteiger charge is -2.35. The van der Waals surface area contributed by atoms with Crippen molar-refractivity contribution >= 4 is 49.4 Å².